The largest absolute Gasteiger partial charge is 0.381 e. The van der Waals surface area contributed by atoms with E-state index in [2.05, 4.69) is 41.8 Å². The summed E-state index contributed by atoms with van der Waals surface area (Å²) in [6.45, 7) is 4.13. The lowest BCUT2D eigenvalue weighted by atomic mass is 9.79. The zero-order valence-corrected chi connectivity index (χ0v) is 16.3. The summed E-state index contributed by atoms with van der Waals surface area (Å²) in [4.78, 5) is 16.8. The van der Waals surface area contributed by atoms with Gasteiger partial charge in [-0.25, -0.2) is 4.99 Å². The zero-order valence-electron chi connectivity index (χ0n) is 16.3. The van der Waals surface area contributed by atoms with Gasteiger partial charge in [0.05, 0.1) is 12.0 Å². The van der Waals surface area contributed by atoms with Gasteiger partial charge in [0.2, 0.25) is 5.91 Å². The molecule has 0 spiro atoms. The average molecular weight is 380 g/mol. The van der Waals surface area contributed by atoms with Crippen LogP contribution in [0.3, 0.4) is 0 Å². The molecule has 3 rings (SSSR count). The molecule has 148 valence electrons. The van der Waals surface area contributed by atoms with E-state index in [9.17, 15) is 4.79 Å². The third-order valence-electron chi connectivity index (χ3n) is 5.14. The predicted octanol–water partition coefficient (Wildman–Crippen LogP) is 2.83. The number of aryl methyl sites for hydroxylation is 1. The molecule has 2 aromatic carbocycles. The summed E-state index contributed by atoms with van der Waals surface area (Å²) in [6.07, 6.45) is 1.23. The lowest BCUT2D eigenvalue weighted by Crippen LogP contribution is -2.50. The second-order valence-electron chi connectivity index (χ2n) is 7.25. The quantitative estimate of drug-likeness (QED) is 0.531. The number of guanidine groups is 1. The SMILES string of the molecule is Cc1ccc(CN=C(NCC2(C(N)=O)CCOCC2)Nc2ccccc2)cc1. The number of nitrogens with one attached hydrogen (secondary N) is 2. The van der Waals surface area contributed by atoms with Crippen molar-refractivity contribution in [3.05, 3.63) is 65.7 Å². The summed E-state index contributed by atoms with van der Waals surface area (Å²) in [5.41, 5.74) is 8.38. The van der Waals surface area contributed by atoms with E-state index >= 15 is 0 Å². The number of hydrogen-bond donors (Lipinski definition) is 3. The van der Waals surface area contributed by atoms with Gasteiger partial charge < -0.3 is 21.1 Å². The minimum atomic E-state index is -0.610. The maximum Gasteiger partial charge on any atom is 0.225 e. The van der Waals surface area contributed by atoms with Gasteiger partial charge in [0.1, 0.15) is 0 Å². The Balaban J connectivity index is 1.74. The number of rotatable bonds is 6. The highest BCUT2D eigenvalue weighted by Gasteiger charge is 2.38. The van der Waals surface area contributed by atoms with E-state index in [0.29, 0.717) is 45.1 Å². The Bertz CT molecular complexity index is 797. The van der Waals surface area contributed by atoms with Crippen LogP contribution in [0.25, 0.3) is 0 Å². The van der Waals surface area contributed by atoms with Crippen molar-refractivity contribution >= 4 is 17.6 Å². The van der Waals surface area contributed by atoms with Crippen LogP contribution in [-0.4, -0.2) is 31.6 Å². The maximum absolute atomic E-state index is 12.1. The Hall–Kier alpha value is -2.86. The van der Waals surface area contributed by atoms with Gasteiger partial charge in [-0.2, -0.15) is 0 Å². The number of primary amides is 1. The van der Waals surface area contributed by atoms with E-state index in [-0.39, 0.29) is 5.91 Å². The number of aliphatic imine (C=N–C) groups is 1. The van der Waals surface area contributed by atoms with Gasteiger partial charge in [0.25, 0.3) is 0 Å². The van der Waals surface area contributed by atoms with Crippen LogP contribution in [0.15, 0.2) is 59.6 Å². The molecule has 6 nitrogen and oxygen atoms in total. The fourth-order valence-corrected chi connectivity index (χ4v) is 3.19. The van der Waals surface area contributed by atoms with Crippen molar-refractivity contribution < 1.29 is 9.53 Å². The molecule has 1 aliphatic heterocycles. The molecule has 0 bridgehead atoms. The number of anilines is 1. The number of hydrogen-bond acceptors (Lipinski definition) is 3. The molecular weight excluding hydrogens is 352 g/mol. The minimum absolute atomic E-state index is 0.291. The van der Waals surface area contributed by atoms with Crippen molar-refractivity contribution in [2.45, 2.75) is 26.3 Å². The van der Waals surface area contributed by atoms with E-state index < -0.39 is 5.41 Å². The Kier molecular flexibility index (Phi) is 6.66. The van der Waals surface area contributed by atoms with Gasteiger partial charge in [-0.3, -0.25) is 4.79 Å². The molecule has 28 heavy (non-hydrogen) atoms. The van der Waals surface area contributed by atoms with Gasteiger partial charge in [-0.05, 0) is 37.5 Å². The predicted molar refractivity (Wildman–Crippen MR) is 112 cm³/mol. The molecule has 1 aliphatic rings. The Morgan fingerprint density at radius 1 is 1.11 bits per heavy atom. The first-order valence-electron chi connectivity index (χ1n) is 9.61. The van der Waals surface area contributed by atoms with Crippen LogP contribution < -0.4 is 16.4 Å². The van der Waals surface area contributed by atoms with Gasteiger partial charge >= 0.3 is 0 Å². The Morgan fingerprint density at radius 2 is 1.79 bits per heavy atom. The molecule has 0 atom stereocenters. The standard InChI is InChI=1S/C22H28N4O2/c1-17-7-9-18(10-8-17)15-24-21(26-19-5-3-2-4-6-19)25-16-22(20(23)27)11-13-28-14-12-22/h2-10H,11-16H2,1H3,(H2,23,27)(H2,24,25,26). The number of para-hydroxylation sites is 1. The van der Waals surface area contributed by atoms with Crippen LogP contribution in [0, 0.1) is 12.3 Å². The highest BCUT2D eigenvalue weighted by atomic mass is 16.5. The van der Waals surface area contributed by atoms with E-state index in [1.165, 1.54) is 5.56 Å². The van der Waals surface area contributed by atoms with Crippen LogP contribution in [0.5, 0.6) is 0 Å². The maximum atomic E-state index is 12.1. The van der Waals surface area contributed by atoms with Crippen molar-refractivity contribution in [2.75, 3.05) is 25.1 Å². The topological polar surface area (TPSA) is 88.7 Å². The lowest BCUT2D eigenvalue weighted by Gasteiger charge is -2.34. The summed E-state index contributed by atoms with van der Waals surface area (Å²) in [5.74, 6) is 0.333. The van der Waals surface area contributed by atoms with Gasteiger partial charge in [0.15, 0.2) is 5.96 Å². The summed E-state index contributed by atoms with van der Waals surface area (Å²) in [5, 5.41) is 6.64. The highest BCUT2D eigenvalue weighted by molar-refractivity contribution is 5.94. The monoisotopic (exact) mass is 380 g/mol. The average Bonchev–Trinajstić information content (AvgIpc) is 2.72. The van der Waals surface area contributed by atoms with Crippen LogP contribution in [0.1, 0.15) is 24.0 Å². The van der Waals surface area contributed by atoms with Crippen LogP contribution in [-0.2, 0) is 16.1 Å². The molecule has 1 heterocycles. The van der Waals surface area contributed by atoms with Crippen LogP contribution in [0.4, 0.5) is 5.69 Å². The van der Waals surface area contributed by atoms with Gasteiger partial charge in [0, 0.05) is 25.4 Å². The molecule has 1 fully saturated rings. The molecule has 1 saturated heterocycles. The molecule has 0 aromatic heterocycles. The normalized spacial score (nSPS) is 16.4. The molecule has 0 unspecified atom stereocenters. The van der Waals surface area contributed by atoms with E-state index in [4.69, 9.17) is 15.5 Å². The van der Waals surface area contributed by atoms with E-state index in [1.54, 1.807) is 0 Å². The number of ether oxygens (including phenoxy) is 1. The summed E-state index contributed by atoms with van der Waals surface area (Å²) >= 11 is 0. The molecule has 6 heteroatoms. The van der Waals surface area contributed by atoms with Crippen molar-refractivity contribution in [2.24, 2.45) is 16.1 Å². The van der Waals surface area contributed by atoms with Crippen molar-refractivity contribution in [1.29, 1.82) is 0 Å². The first-order chi connectivity index (χ1) is 13.6. The summed E-state index contributed by atoms with van der Waals surface area (Å²) in [7, 11) is 0. The Morgan fingerprint density at radius 3 is 2.43 bits per heavy atom. The number of amides is 1. The molecule has 2 aromatic rings. The number of nitrogens with two attached hydrogens (primary N) is 1. The van der Waals surface area contributed by atoms with Crippen molar-refractivity contribution in [3.8, 4) is 0 Å². The van der Waals surface area contributed by atoms with Crippen LogP contribution >= 0.6 is 0 Å². The van der Waals surface area contributed by atoms with Crippen LogP contribution in [0.2, 0.25) is 0 Å². The number of carbonyl (C=O) groups is 1. The number of carbonyl (C=O) groups excluding carboxylic acids is 1. The van der Waals surface area contributed by atoms with E-state index in [0.717, 1.165) is 11.3 Å². The third-order valence-corrected chi connectivity index (χ3v) is 5.14. The molecule has 0 radical (unpaired) electrons. The molecule has 0 saturated carbocycles. The number of nitrogens with zero attached hydrogens (tertiary/aromatic N) is 1. The summed E-state index contributed by atoms with van der Waals surface area (Å²) < 4.78 is 5.41. The van der Waals surface area contributed by atoms with Gasteiger partial charge in [-0.1, -0.05) is 48.0 Å². The van der Waals surface area contributed by atoms with E-state index in [1.807, 2.05) is 30.3 Å². The molecule has 0 aliphatic carbocycles. The molecule has 4 N–H and O–H groups in total. The molecular formula is C22H28N4O2. The minimum Gasteiger partial charge on any atom is -0.381 e. The third kappa shape index (κ3) is 5.33. The smallest absolute Gasteiger partial charge is 0.225 e. The lowest BCUT2D eigenvalue weighted by molar-refractivity contribution is -0.132. The number of benzene rings is 2. The Labute approximate surface area is 166 Å². The first-order valence-corrected chi connectivity index (χ1v) is 9.61. The van der Waals surface area contributed by atoms with Crippen molar-refractivity contribution in [1.82, 2.24) is 5.32 Å². The second kappa shape index (κ2) is 9.37. The second-order valence-corrected chi connectivity index (χ2v) is 7.25. The zero-order chi connectivity index (χ0) is 19.8. The highest BCUT2D eigenvalue weighted by Crippen LogP contribution is 2.29. The van der Waals surface area contributed by atoms with Crippen molar-refractivity contribution in [3.63, 3.8) is 0 Å². The molecule has 1 amide bonds. The van der Waals surface area contributed by atoms with Gasteiger partial charge in [-0.15, -0.1) is 0 Å². The first kappa shape index (κ1) is 19.9. The fourth-order valence-electron chi connectivity index (χ4n) is 3.19. The summed E-state index contributed by atoms with van der Waals surface area (Å²) in [6, 6.07) is 18.1. The fraction of sp³-hybridized carbons (Fsp3) is 0.364.